The van der Waals surface area contributed by atoms with Crippen molar-refractivity contribution in [3.8, 4) is 50.6 Å². The summed E-state index contributed by atoms with van der Waals surface area (Å²) in [5, 5.41) is 8.93. The zero-order chi connectivity index (χ0) is 63.3. The maximum absolute atomic E-state index is 12.9. The molecule has 6 aromatic carbocycles. The third kappa shape index (κ3) is 14.7. The molecule has 6 heterocycles. The Balaban J connectivity index is 0.000000148. The van der Waals surface area contributed by atoms with E-state index in [0.29, 0.717) is 17.1 Å². The van der Waals surface area contributed by atoms with Gasteiger partial charge in [-0.25, -0.2) is 0 Å². The van der Waals surface area contributed by atoms with Gasteiger partial charge in [0.15, 0.2) is 0 Å². The molecule has 12 rings (SSSR count). The number of nitrogens with two attached hydrogens (primary N) is 3. The molecule has 0 aliphatic carbocycles. The largest absolute Gasteiger partial charge is 0.497 e. The summed E-state index contributed by atoms with van der Waals surface area (Å²) in [4.78, 5) is 64.9. The zero-order valence-electron chi connectivity index (χ0n) is 51.2. The molecule has 18 heteroatoms. The summed E-state index contributed by atoms with van der Waals surface area (Å²) in [6.45, 7) is 9.06. The topological polar surface area (TPSA) is 269 Å². The third-order valence-electron chi connectivity index (χ3n) is 16.0. The lowest BCUT2D eigenvalue weighted by Crippen LogP contribution is -2.33. The van der Waals surface area contributed by atoms with Crippen LogP contribution in [0, 0.1) is 0 Å². The molecular formula is C72H72N12O6. The highest BCUT2D eigenvalue weighted by atomic mass is 16.5. The van der Waals surface area contributed by atoms with Crippen molar-refractivity contribution in [3.05, 3.63) is 250 Å². The van der Waals surface area contributed by atoms with Crippen LogP contribution >= 0.6 is 0 Å². The van der Waals surface area contributed by atoms with Crippen molar-refractivity contribution < 1.29 is 28.6 Å². The Morgan fingerprint density at radius 1 is 0.389 bits per heavy atom. The lowest BCUT2D eigenvalue weighted by Gasteiger charge is -2.18. The van der Waals surface area contributed by atoms with E-state index in [4.69, 9.17) is 31.4 Å². The SMILES string of the molecule is COc1cccc(C(CN)NC(=O)c2cc(-c3ccc4c(c3)C(C)=NC4)ccn2)c1.COc1cccc([C@@H](CN)NC(=O)c2cc(-c3ccc4c(c3)C(C)=NC4)ccn2)c1.COc1cccc([C@H](CN)NC(=O)c2cc(-c3ccc4c(c3)C(C)=NC4)ccn2)c1. The van der Waals surface area contributed by atoms with Crippen LogP contribution in [0.5, 0.6) is 17.2 Å². The van der Waals surface area contributed by atoms with Crippen molar-refractivity contribution in [2.24, 2.45) is 32.2 Å². The molecule has 3 aliphatic rings. The molecule has 9 aromatic rings. The van der Waals surface area contributed by atoms with Crippen LogP contribution in [0.4, 0.5) is 0 Å². The summed E-state index contributed by atoms with van der Waals surface area (Å²) in [5.74, 6) is 1.35. The number of rotatable bonds is 18. The minimum atomic E-state index is -0.336. The molecule has 0 saturated heterocycles. The van der Waals surface area contributed by atoms with Gasteiger partial charge in [-0.15, -0.1) is 0 Å². The first-order valence-corrected chi connectivity index (χ1v) is 29.5. The number of ether oxygens (including phenoxy) is 3. The number of nitrogens with zero attached hydrogens (tertiary/aromatic N) is 6. The fourth-order valence-corrected chi connectivity index (χ4v) is 10.9. The lowest BCUT2D eigenvalue weighted by molar-refractivity contribution is 0.0924. The minimum Gasteiger partial charge on any atom is -0.497 e. The second-order valence-electron chi connectivity index (χ2n) is 21.7. The average molecular weight is 1200 g/mol. The molecule has 3 aromatic heterocycles. The number of hydrogen-bond donors (Lipinski definition) is 6. The van der Waals surface area contributed by atoms with Gasteiger partial charge in [0.05, 0.1) is 59.1 Å². The maximum atomic E-state index is 12.9. The summed E-state index contributed by atoms with van der Waals surface area (Å²) < 4.78 is 15.8. The van der Waals surface area contributed by atoms with Gasteiger partial charge in [-0.2, -0.15) is 0 Å². The van der Waals surface area contributed by atoms with E-state index < -0.39 is 0 Å². The molecule has 0 saturated carbocycles. The summed E-state index contributed by atoms with van der Waals surface area (Å²) in [5.41, 5.74) is 37.7. The van der Waals surface area contributed by atoms with Crippen molar-refractivity contribution in [3.63, 3.8) is 0 Å². The lowest BCUT2D eigenvalue weighted by atomic mass is 9.98. The molecule has 1 unspecified atom stereocenters. The predicted molar refractivity (Wildman–Crippen MR) is 354 cm³/mol. The normalized spacial score (nSPS) is 13.4. The van der Waals surface area contributed by atoms with Gasteiger partial charge in [0.2, 0.25) is 0 Å². The van der Waals surface area contributed by atoms with Gasteiger partial charge in [-0.3, -0.25) is 44.3 Å². The molecule has 18 nitrogen and oxygen atoms in total. The zero-order valence-corrected chi connectivity index (χ0v) is 51.2. The first-order valence-electron chi connectivity index (χ1n) is 29.5. The molecule has 90 heavy (non-hydrogen) atoms. The second kappa shape index (κ2) is 29.0. The number of fused-ring (bicyclic) bond motifs is 3. The summed E-state index contributed by atoms with van der Waals surface area (Å²) in [6.07, 6.45) is 4.96. The molecule has 3 aliphatic heterocycles. The Hall–Kier alpha value is -10.5. The van der Waals surface area contributed by atoms with Gasteiger partial charge in [0.1, 0.15) is 34.3 Å². The molecule has 0 radical (unpaired) electrons. The quantitative estimate of drug-likeness (QED) is 0.0468. The molecule has 3 atom stereocenters. The Morgan fingerprint density at radius 2 is 0.667 bits per heavy atom. The van der Waals surface area contributed by atoms with Crippen molar-refractivity contribution in [2.45, 2.75) is 58.5 Å². The van der Waals surface area contributed by atoms with E-state index in [-0.39, 0.29) is 55.5 Å². The van der Waals surface area contributed by atoms with E-state index in [1.54, 1.807) is 58.1 Å². The summed E-state index contributed by atoms with van der Waals surface area (Å²) in [7, 11) is 4.82. The van der Waals surface area contributed by atoms with E-state index >= 15 is 0 Å². The first-order chi connectivity index (χ1) is 43.8. The Morgan fingerprint density at radius 3 is 0.933 bits per heavy atom. The van der Waals surface area contributed by atoms with Crippen molar-refractivity contribution in [1.29, 1.82) is 0 Å². The number of amides is 3. The third-order valence-corrected chi connectivity index (χ3v) is 16.0. The monoisotopic (exact) mass is 1200 g/mol. The van der Waals surface area contributed by atoms with Crippen LogP contribution in [0.15, 0.2) is 197 Å². The summed E-state index contributed by atoms with van der Waals surface area (Å²) >= 11 is 0. The van der Waals surface area contributed by atoms with E-state index in [1.807, 2.05) is 112 Å². The van der Waals surface area contributed by atoms with Crippen molar-refractivity contribution in [2.75, 3.05) is 41.0 Å². The standard InChI is InChI=1S/3C24H24N4O2/c3*1-15-21-11-16(6-7-19(21)14-27-15)17-8-9-26-22(12-17)24(29)28-23(13-25)18-4-3-5-20(10-18)30-2/h3*3-12,23H,13-14,25H2,1-2H3,(H,28,29)/t2*23-;/m10./s1. The highest BCUT2D eigenvalue weighted by Crippen LogP contribution is 2.31. The van der Waals surface area contributed by atoms with Gasteiger partial charge >= 0.3 is 0 Å². The fraction of sp³-hybridized carbons (Fsp3) is 0.208. The molecule has 9 N–H and O–H groups in total. The second-order valence-corrected chi connectivity index (χ2v) is 21.7. The van der Waals surface area contributed by atoms with Crippen LogP contribution in [0.2, 0.25) is 0 Å². The van der Waals surface area contributed by atoms with Gasteiger partial charge in [-0.05, 0) is 179 Å². The molecule has 0 spiro atoms. The van der Waals surface area contributed by atoms with E-state index in [1.165, 1.54) is 16.7 Å². The Bertz CT molecular complexity index is 3800. The number of benzene rings is 6. The Labute approximate surface area is 523 Å². The number of hydrogen-bond acceptors (Lipinski definition) is 15. The number of pyridine rings is 3. The van der Waals surface area contributed by atoms with Crippen LogP contribution < -0.4 is 47.4 Å². The van der Waals surface area contributed by atoms with Crippen molar-refractivity contribution in [1.82, 2.24) is 30.9 Å². The average Bonchev–Trinajstić information content (AvgIpc) is 3.48. The van der Waals surface area contributed by atoms with E-state index in [9.17, 15) is 14.4 Å². The van der Waals surface area contributed by atoms with Crippen molar-refractivity contribution >= 4 is 34.9 Å². The Kier molecular flexibility index (Phi) is 20.1. The summed E-state index contributed by atoms with van der Waals surface area (Å²) in [6, 6.07) is 51.5. The highest BCUT2D eigenvalue weighted by molar-refractivity contribution is 6.05. The number of aliphatic imine (C=N–C) groups is 3. The van der Waals surface area contributed by atoms with Gasteiger partial charge in [0, 0.05) is 72.1 Å². The van der Waals surface area contributed by atoms with Gasteiger partial charge in [-0.1, -0.05) is 72.8 Å². The number of carbonyl (C=O) groups excluding carboxylic acids is 3. The predicted octanol–water partition coefficient (Wildman–Crippen LogP) is 10.5. The maximum Gasteiger partial charge on any atom is 0.270 e. The number of nitrogens with one attached hydrogen (secondary N) is 3. The molecular weight excluding hydrogens is 1130 g/mol. The molecule has 3 amide bonds. The van der Waals surface area contributed by atoms with Gasteiger partial charge in [0.25, 0.3) is 17.7 Å². The molecule has 456 valence electrons. The van der Waals surface area contributed by atoms with E-state index in [0.717, 1.165) is 121 Å². The van der Waals surface area contributed by atoms with Crippen LogP contribution in [-0.4, -0.2) is 90.8 Å². The van der Waals surface area contributed by atoms with Gasteiger partial charge < -0.3 is 47.4 Å². The number of methoxy groups -OCH3 is 3. The van der Waals surface area contributed by atoms with E-state index in [2.05, 4.69) is 100 Å². The number of carbonyl (C=O) groups is 3. The molecule has 0 fully saturated rings. The molecule has 0 bridgehead atoms. The van der Waals surface area contributed by atoms with Crippen LogP contribution in [0.1, 0.15) is 120 Å². The minimum absolute atomic E-state index is 0.266. The number of aromatic nitrogens is 3. The van der Waals surface area contributed by atoms with Crippen LogP contribution in [-0.2, 0) is 19.6 Å². The first kappa shape index (κ1) is 62.5. The van der Waals surface area contributed by atoms with Crippen LogP contribution in [0.3, 0.4) is 0 Å². The van der Waals surface area contributed by atoms with Crippen LogP contribution in [0.25, 0.3) is 33.4 Å². The highest BCUT2D eigenvalue weighted by Gasteiger charge is 2.22. The fourth-order valence-electron chi connectivity index (χ4n) is 10.9. The smallest absolute Gasteiger partial charge is 0.270 e.